The van der Waals surface area contributed by atoms with E-state index in [9.17, 15) is 9.59 Å². The Morgan fingerprint density at radius 1 is 1.33 bits per heavy atom. The van der Waals surface area contributed by atoms with Crippen LogP contribution >= 0.6 is 15.9 Å². The minimum Gasteiger partial charge on any atom is -0.356 e. The summed E-state index contributed by atoms with van der Waals surface area (Å²) >= 11 is 3.37. The highest BCUT2D eigenvalue weighted by molar-refractivity contribution is 9.10. The van der Waals surface area contributed by atoms with E-state index < -0.39 is 0 Å². The highest BCUT2D eigenvalue weighted by atomic mass is 79.9. The Balaban J connectivity index is 1.34. The van der Waals surface area contributed by atoms with Crippen molar-refractivity contribution in [3.8, 4) is 0 Å². The van der Waals surface area contributed by atoms with Crippen LogP contribution in [0.2, 0.25) is 0 Å². The van der Waals surface area contributed by atoms with E-state index in [0.29, 0.717) is 30.3 Å². The zero-order chi connectivity index (χ0) is 18.6. The molecular formula is C19H22BrN5O2. The van der Waals surface area contributed by atoms with E-state index in [1.807, 2.05) is 4.90 Å². The fourth-order valence-corrected chi connectivity index (χ4v) is 4.73. The Bertz CT molecular complexity index is 918. The Labute approximate surface area is 165 Å². The Morgan fingerprint density at radius 2 is 2.15 bits per heavy atom. The third-order valence-corrected chi connectivity index (χ3v) is 6.77. The molecular weight excluding hydrogens is 410 g/mol. The average molecular weight is 432 g/mol. The van der Waals surface area contributed by atoms with Crippen molar-refractivity contribution in [3.63, 3.8) is 0 Å². The largest absolute Gasteiger partial charge is 0.356 e. The molecule has 2 saturated carbocycles. The summed E-state index contributed by atoms with van der Waals surface area (Å²) in [5.41, 5.74) is 0.982. The first-order valence-electron chi connectivity index (χ1n) is 9.62. The second-order valence-electron chi connectivity index (χ2n) is 8.25. The number of carbonyl (C=O) groups excluding carboxylic acids is 2. The molecule has 1 saturated heterocycles. The van der Waals surface area contributed by atoms with Gasteiger partial charge in [-0.3, -0.25) is 9.59 Å². The lowest BCUT2D eigenvalue weighted by molar-refractivity contribution is -0.129. The smallest absolute Gasteiger partial charge is 0.274 e. The molecule has 0 aromatic carbocycles. The fraction of sp³-hybridized carbons (Fsp3) is 0.579. The second-order valence-corrected chi connectivity index (χ2v) is 9.16. The van der Waals surface area contributed by atoms with Gasteiger partial charge in [0.2, 0.25) is 5.91 Å². The Hall–Kier alpha value is -1.96. The normalized spacial score (nSPS) is 23.6. The molecule has 7 nitrogen and oxygen atoms in total. The van der Waals surface area contributed by atoms with E-state index in [2.05, 4.69) is 31.3 Å². The number of rotatable bonds is 4. The summed E-state index contributed by atoms with van der Waals surface area (Å²) in [5, 5.41) is 7.50. The van der Waals surface area contributed by atoms with Crippen molar-refractivity contribution in [1.29, 1.82) is 0 Å². The lowest BCUT2D eigenvalue weighted by atomic mass is 9.62. The Kier molecular flexibility index (Phi) is 4.00. The van der Waals surface area contributed by atoms with Gasteiger partial charge in [-0.1, -0.05) is 6.42 Å². The number of hydrogen-bond acceptors (Lipinski definition) is 4. The van der Waals surface area contributed by atoms with Crippen LogP contribution in [0.1, 0.15) is 42.6 Å². The summed E-state index contributed by atoms with van der Waals surface area (Å²) in [6.07, 6.45) is 9.10. The number of likely N-dealkylation sites (tertiary alicyclic amines) is 1. The lowest BCUT2D eigenvalue weighted by Gasteiger charge is -2.41. The van der Waals surface area contributed by atoms with Crippen LogP contribution < -0.4 is 5.32 Å². The van der Waals surface area contributed by atoms with Crippen molar-refractivity contribution < 1.29 is 9.59 Å². The fourth-order valence-electron chi connectivity index (χ4n) is 4.43. The molecule has 1 aliphatic heterocycles. The zero-order valence-corrected chi connectivity index (χ0v) is 16.6. The molecule has 1 N–H and O–H groups in total. The molecule has 0 radical (unpaired) electrons. The molecule has 1 atom stereocenters. The van der Waals surface area contributed by atoms with Gasteiger partial charge in [-0.05, 0) is 47.5 Å². The van der Waals surface area contributed by atoms with Gasteiger partial charge in [0, 0.05) is 43.5 Å². The molecule has 1 unspecified atom stereocenters. The van der Waals surface area contributed by atoms with Gasteiger partial charge in [0.1, 0.15) is 0 Å². The van der Waals surface area contributed by atoms with Crippen LogP contribution in [0, 0.1) is 17.3 Å². The molecule has 0 bridgehead atoms. The quantitative estimate of drug-likeness (QED) is 0.804. The van der Waals surface area contributed by atoms with Gasteiger partial charge in [-0.25, -0.2) is 9.50 Å². The van der Waals surface area contributed by atoms with Crippen molar-refractivity contribution in [1.82, 2.24) is 24.8 Å². The van der Waals surface area contributed by atoms with Crippen LogP contribution in [-0.2, 0) is 4.79 Å². The molecule has 5 rings (SSSR count). The topological polar surface area (TPSA) is 79.6 Å². The van der Waals surface area contributed by atoms with Gasteiger partial charge in [0.25, 0.3) is 5.91 Å². The predicted octanol–water partition coefficient (Wildman–Crippen LogP) is 2.26. The third-order valence-electron chi connectivity index (χ3n) is 6.36. The maximum absolute atomic E-state index is 13.1. The molecule has 2 aromatic rings. The number of nitrogens with one attached hydrogen (secondary N) is 1. The number of hydrogen-bond donors (Lipinski definition) is 1. The van der Waals surface area contributed by atoms with Crippen LogP contribution in [0.4, 0.5) is 0 Å². The molecule has 3 heterocycles. The van der Waals surface area contributed by atoms with Crippen LogP contribution in [0.3, 0.4) is 0 Å². The highest BCUT2D eigenvalue weighted by Gasteiger charge is 2.54. The molecule has 1 spiro atoms. The molecule has 142 valence electrons. The first-order valence-corrected chi connectivity index (χ1v) is 10.4. The van der Waals surface area contributed by atoms with Gasteiger partial charge in [-0.15, -0.1) is 0 Å². The SMILES string of the molecule is O=C(NCC1CC1)C1CN(C(=O)c2cc3ncc(Br)cn3n2)CC12CCC2. The standard InChI is InChI=1S/C19H22BrN5O2/c20-13-8-21-16-6-15(23-25(16)9-13)18(27)24-10-14(19(11-24)4-1-5-19)17(26)22-7-12-2-3-12/h6,8-9,12,14H,1-5,7,10-11H2,(H,22,26). The maximum Gasteiger partial charge on any atom is 0.274 e. The van der Waals surface area contributed by atoms with Crippen LogP contribution in [0.25, 0.3) is 5.65 Å². The summed E-state index contributed by atoms with van der Waals surface area (Å²) in [5.74, 6) is 0.575. The third kappa shape index (κ3) is 3.03. The molecule has 2 amide bonds. The second kappa shape index (κ2) is 6.29. The molecule has 27 heavy (non-hydrogen) atoms. The number of amides is 2. The zero-order valence-electron chi connectivity index (χ0n) is 15.0. The summed E-state index contributed by atoms with van der Waals surface area (Å²) in [6.45, 7) is 1.92. The van der Waals surface area contributed by atoms with Gasteiger partial charge in [-0.2, -0.15) is 5.10 Å². The predicted molar refractivity (Wildman–Crippen MR) is 102 cm³/mol. The first-order chi connectivity index (χ1) is 13.0. The van der Waals surface area contributed by atoms with E-state index in [1.54, 1.807) is 23.0 Å². The summed E-state index contributed by atoms with van der Waals surface area (Å²) in [4.78, 5) is 31.9. The monoisotopic (exact) mass is 431 g/mol. The molecule has 8 heteroatoms. The van der Waals surface area contributed by atoms with Crippen LogP contribution in [-0.4, -0.2) is 50.9 Å². The molecule has 2 aliphatic carbocycles. The summed E-state index contributed by atoms with van der Waals surface area (Å²) in [6, 6.07) is 1.71. The van der Waals surface area contributed by atoms with Gasteiger partial charge < -0.3 is 10.2 Å². The van der Waals surface area contributed by atoms with Crippen molar-refractivity contribution in [2.75, 3.05) is 19.6 Å². The first kappa shape index (κ1) is 17.2. The van der Waals surface area contributed by atoms with E-state index in [0.717, 1.165) is 30.3 Å². The van der Waals surface area contributed by atoms with Gasteiger partial charge in [0.05, 0.1) is 10.4 Å². The highest BCUT2D eigenvalue weighted by Crippen LogP contribution is 2.52. The van der Waals surface area contributed by atoms with Crippen LogP contribution in [0.5, 0.6) is 0 Å². The molecule has 2 aromatic heterocycles. The maximum atomic E-state index is 13.1. The van der Waals surface area contributed by atoms with Crippen LogP contribution in [0.15, 0.2) is 22.9 Å². The average Bonchev–Trinajstić information content (AvgIpc) is 3.21. The number of fused-ring (bicyclic) bond motifs is 1. The van der Waals surface area contributed by atoms with E-state index in [-0.39, 0.29) is 23.1 Å². The van der Waals surface area contributed by atoms with Crippen molar-refractivity contribution in [3.05, 3.63) is 28.6 Å². The molecule has 3 aliphatic rings. The summed E-state index contributed by atoms with van der Waals surface area (Å²) < 4.78 is 2.41. The number of aromatic nitrogens is 3. The van der Waals surface area contributed by atoms with Crippen molar-refractivity contribution >= 4 is 33.4 Å². The minimum absolute atomic E-state index is 0.0380. The van der Waals surface area contributed by atoms with Crippen molar-refractivity contribution in [2.45, 2.75) is 32.1 Å². The van der Waals surface area contributed by atoms with E-state index in [1.165, 1.54) is 12.8 Å². The van der Waals surface area contributed by atoms with Gasteiger partial charge >= 0.3 is 0 Å². The number of nitrogens with zero attached hydrogens (tertiary/aromatic N) is 4. The Morgan fingerprint density at radius 3 is 2.85 bits per heavy atom. The van der Waals surface area contributed by atoms with E-state index in [4.69, 9.17) is 0 Å². The minimum atomic E-state index is -0.111. The lowest BCUT2D eigenvalue weighted by Crippen LogP contribution is -2.45. The van der Waals surface area contributed by atoms with E-state index >= 15 is 0 Å². The van der Waals surface area contributed by atoms with Crippen molar-refractivity contribution in [2.24, 2.45) is 17.3 Å². The van der Waals surface area contributed by atoms with Gasteiger partial charge in [0.15, 0.2) is 11.3 Å². The summed E-state index contributed by atoms with van der Waals surface area (Å²) in [7, 11) is 0. The number of carbonyl (C=O) groups is 2. The molecule has 3 fully saturated rings. The number of halogens is 1.